The summed E-state index contributed by atoms with van der Waals surface area (Å²) >= 11 is 0. The molecule has 1 fully saturated rings. The number of carboxylic acid groups (broad SMARTS) is 1. The first-order chi connectivity index (χ1) is 9.63. The molecule has 0 aliphatic heterocycles. The van der Waals surface area contributed by atoms with E-state index in [9.17, 15) is 4.79 Å². The Hall–Kier alpha value is -2.10. The van der Waals surface area contributed by atoms with Gasteiger partial charge in [-0.1, -0.05) is 29.8 Å². The van der Waals surface area contributed by atoms with Crippen LogP contribution in [0.25, 0.3) is 0 Å². The molecule has 0 radical (unpaired) electrons. The molecule has 4 heteroatoms. The van der Waals surface area contributed by atoms with Crippen molar-refractivity contribution in [2.75, 3.05) is 0 Å². The first kappa shape index (κ1) is 12.9. The summed E-state index contributed by atoms with van der Waals surface area (Å²) in [6.07, 6.45) is 3.48. The summed E-state index contributed by atoms with van der Waals surface area (Å²) in [6, 6.07) is 8.31. The number of aromatic carboxylic acids is 1. The van der Waals surface area contributed by atoms with Gasteiger partial charge < -0.3 is 9.52 Å². The molecule has 0 bridgehead atoms. The SMILES string of the molecule is Cc1ccc(CCc2nc(C3CC3)c(C(=O)O)o2)cc1. The Bertz CT molecular complexity index is 624. The molecule has 1 aromatic carbocycles. The summed E-state index contributed by atoms with van der Waals surface area (Å²) in [7, 11) is 0. The fourth-order valence-electron chi connectivity index (χ4n) is 2.28. The fraction of sp³-hybridized carbons (Fsp3) is 0.375. The Labute approximate surface area is 117 Å². The largest absolute Gasteiger partial charge is 0.475 e. The van der Waals surface area contributed by atoms with Crippen molar-refractivity contribution in [1.82, 2.24) is 4.98 Å². The third-order valence-electron chi connectivity index (χ3n) is 3.60. The van der Waals surface area contributed by atoms with Crippen molar-refractivity contribution in [2.24, 2.45) is 0 Å². The maximum Gasteiger partial charge on any atom is 0.373 e. The van der Waals surface area contributed by atoms with Crippen molar-refractivity contribution in [2.45, 2.75) is 38.5 Å². The van der Waals surface area contributed by atoms with E-state index in [-0.39, 0.29) is 11.7 Å². The van der Waals surface area contributed by atoms with Gasteiger partial charge in [0.1, 0.15) is 0 Å². The second-order valence-corrected chi connectivity index (χ2v) is 5.39. The van der Waals surface area contributed by atoms with Gasteiger partial charge in [-0.15, -0.1) is 0 Å². The van der Waals surface area contributed by atoms with Gasteiger partial charge in [-0.05, 0) is 31.7 Å². The van der Waals surface area contributed by atoms with E-state index in [1.807, 2.05) is 0 Å². The van der Waals surface area contributed by atoms with Crippen molar-refractivity contribution in [3.05, 3.63) is 52.7 Å². The summed E-state index contributed by atoms with van der Waals surface area (Å²) in [5.41, 5.74) is 3.07. The molecule has 0 saturated heterocycles. The van der Waals surface area contributed by atoms with E-state index in [1.165, 1.54) is 11.1 Å². The zero-order valence-electron chi connectivity index (χ0n) is 11.4. The van der Waals surface area contributed by atoms with Crippen LogP contribution in [0.15, 0.2) is 28.7 Å². The average Bonchev–Trinajstić information content (AvgIpc) is 3.18. The molecule has 104 valence electrons. The van der Waals surface area contributed by atoms with E-state index in [2.05, 4.69) is 36.2 Å². The van der Waals surface area contributed by atoms with Crippen LogP contribution >= 0.6 is 0 Å². The van der Waals surface area contributed by atoms with Crippen LogP contribution in [0.1, 0.15) is 52.0 Å². The highest BCUT2D eigenvalue weighted by Gasteiger charge is 2.33. The standard InChI is InChI=1S/C16H17NO3/c1-10-2-4-11(5-3-10)6-9-13-17-14(12-7-8-12)15(20-13)16(18)19/h2-5,12H,6-9H2,1H3,(H,18,19). The van der Waals surface area contributed by atoms with Gasteiger partial charge in [0.2, 0.25) is 5.76 Å². The molecule has 0 spiro atoms. The minimum absolute atomic E-state index is 0.0337. The molecule has 3 rings (SSSR count). The summed E-state index contributed by atoms with van der Waals surface area (Å²) in [5, 5.41) is 9.14. The lowest BCUT2D eigenvalue weighted by Gasteiger charge is -1.99. The van der Waals surface area contributed by atoms with E-state index >= 15 is 0 Å². The predicted octanol–water partition coefficient (Wildman–Crippen LogP) is 3.34. The number of oxazole rings is 1. The lowest BCUT2D eigenvalue weighted by atomic mass is 10.1. The van der Waals surface area contributed by atoms with Crippen LogP contribution in [-0.4, -0.2) is 16.1 Å². The summed E-state index contributed by atoms with van der Waals surface area (Å²) in [6.45, 7) is 2.05. The maximum atomic E-state index is 11.1. The molecular formula is C16H17NO3. The third-order valence-corrected chi connectivity index (χ3v) is 3.60. The number of rotatable bonds is 5. The molecule has 1 aromatic heterocycles. The van der Waals surface area contributed by atoms with Gasteiger partial charge >= 0.3 is 5.97 Å². The number of carbonyl (C=O) groups is 1. The van der Waals surface area contributed by atoms with Crippen LogP contribution in [0.3, 0.4) is 0 Å². The van der Waals surface area contributed by atoms with Gasteiger partial charge in [0.15, 0.2) is 5.89 Å². The number of aryl methyl sites for hydroxylation is 3. The second kappa shape index (κ2) is 5.12. The van der Waals surface area contributed by atoms with Gasteiger partial charge in [-0.2, -0.15) is 0 Å². The first-order valence-corrected chi connectivity index (χ1v) is 6.92. The van der Waals surface area contributed by atoms with Gasteiger partial charge in [-0.3, -0.25) is 0 Å². The van der Waals surface area contributed by atoms with E-state index in [4.69, 9.17) is 9.52 Å². The van der Waals surface area contributed by atoms with Gasteiger partial charge in [-0.25, -0.2) is 9.78 Å². The van der Waals surface area contributed by atoms with Crippen molar-refractivity contribution in [3.8, 4) is 0 Å². The van der Waals surface area contributed by atoms with Crippen molar-refractivity contribution in [3.63, 3.8) is 0 Å². The Kier molecular flexibility index (Phi) is 3.30. The maximum absolute atomic E-state index is 11.1. The van der Waals surface area contributed by atoms with E-state index in [1.54, 1.807) is 0 Å². The van der Waals surface area contributed by atoms with Crippen LogP contribution in [0, 0.1) is 6.92 Å². The van der Waals surface area contributed by atoms with E-state index in [0.29, 0.717) is 18.0 Å². The zero-order valence-corrected chi connectivity index (χ0v) is 11.4. The molecule has 1 saturated carbocycles. The Balaban J connectivity index is 1.72. The highest BCUT2D eigenvalue weighted by molar-refractivity contribution is 5.85. The Morgan fingerprint density at radius 3 is 2.60 bits per heavy atom. The second-order valence-electron chi connectivity index (χ2n) is 5.39. The highest BCUT2D eigenvalue weighted by Crippen LogP contribution is 2.41. The summed E-state index contributed by atoms with van der Waals surface area (Å²) < 4.78 is 5.41. The lowest BCUT2D eigenvalue weighted by molar-refractivity contribution is 0.0658. The minimum atomic E-state index is -1.01. The Morgan fingerprint density at radius 1 is 1.30 bits per heavy atom. The van der Waals surface area contributed by atoms with Gasteiger partial charge in [0.05, 0.1) is 5.69 Å². The predicted molar refractivity (Wildman–Crippen MR) is 74.0 cm³/mol. The van der Waals surface area contributed by atoms with Crippen LogP contribution < -0.4 is 0 Å². The van der Waals surface area contributed by atoms with Crippen molar-refractivity contribution < 1.29 is 14.3 Å². The highest BCUT2D eigenvalue weighted by atomic mass is 16.4. The number of hydrogen-bond donors (Lipinski definition) is 1. The fourth-order valence-corrected chi connectivity index (χ4v) is 2.28. The Morgan fingerprint density at radius 2 is 2.00 bits per heavy atom. The van der Waals surface area contributed by atoms with Crippen LogP contribution in [-0.2, 0) is 12.8 Å². The minimum Gasteiger partial charge on any atom is -0.475 e. The van der Waals surface area contributed by atoms with Gasteiger partial charge in [0, 0.05) is 12.3 Å². The van der Waals surface area contributed by atoms with E-state index in [0.717, 1.165) is 19.3 Å². The van der Waals surface area contributed by atoms with Crippen LogP contribution in [0.2, 0.25) is 0 Å². The lowest BCUT2D eigenvalue weighted by Crippen LogP contribution is -1.98. The number of hydrogen-bond acceptors (Lipinski definition) is 3. The molecule has 1 N–H and O–H groups in total. The molecule has 2 aromatic rings. The monoisotopic (exact) mass is 271 g/mol. The van der Waals surface area contributed by atoms with Crippen LogP contribution in [0.4, 0.5) is 0 Å². The number of aromatic nitrogens is 1. The summed E-state index contributed by atoms with van der Waals surface area (Å²) in [4.78, 5) is 15.5. The average molecular weight is 271 g/mol. The quantitative estimate of drug-likeness (QED) is 0.905. The molecule has 1 heterocycles. The molecule has 0 atom stereocenters. The van der Waals surface area contributed by atoms with Gasteiger partial charge in [0.25, 0.3) is 0 Å². The smallest absolute Gasteiger partial charge is 0.373 e. The van der Waals surface area contributed by atoms with Crippen LogP contribution in [0.5, 0.6) is 0 Å². The number of carboxylic acids is 1. The summed E-state index contributed by atoms with van der Waals surface area (Å²) in [5.74, 6) is -0.157. The molecule has 0 amide bonds. The molecule has 1 aliphatic carbocycles. The first-order valence-electron chi connectivity index (χ1n) is 6.92. The third kappa shape index (κ3) is 2.74. The molecule has 1 aliphatic rings. The number of benzene rings is 1. The van der Waals surface area contributed by atoms with E-state index < -0.39 is 5.97 Å². The molecular weight excluding hydrogens is 254 g/mol. The topological polar surface area (TPSA) is 63.3 Å². The number of nitrogens with zero attached hydrogens (tertiary/aromatic N) is 1. The van der Waals surface area contributed by atoms with Crippen molar-refractivity contribution >= 4 is 5.97 Å². The normalized spacial score (nSPS) is 14.4. The van der Waals surface area contributed by atoms with Crippen molar-refractivity contribution in [1.29, 1.82) is 0 Å². The molecule has 0 unspecified atom stereocenters. The molecule has 4 nitrogen and oxygen atoms in total. The molecule has 20 heavy (non-hydrogen) atoms. The zero-order chi connectivity index (χ0) is 14.1.